The SMILES string of the molecule is O=C1N[C@@H](CS)C(=O)N2CCC[C@@H]12. The lowest BCUT2D eigenvalue weighted by Crippen LogP contribution is -2.61. The molecule has 0 unspecified atom stereocenters. The van der Waals surface area contributed by atoms with Gasteiger partial charge in [0.2, 0.25) is 11.8 Å². The van der Waals surface area contributed by atoms with Gasteiger partial charge in [-0.3, -0.25) is 9.59 Å². The molecule has 5 heteroatoms. The van der Waals surface area contributed by atoms with Crippen LogP contribution in [0.4, 0.5) is 0 Å². The van der Waals surface area contributed by atoms with Crippen molar-refractivity contribution < 1.29 is 9.59 Å². The van der Waals surface area contributed by atoms with Gasteiger partial charge < -0.3 is 10.2 Å². The summed E-state index contributed by atoms with van der Waals surface area (Å²) in [4.78, 5) is 24.8. The quantitative estimate of drug-likeness (QED) is 0.556. The maximum absolute atomic E-state index is 11.6. The first kappa shape index (κ1) is 8.87. The van der Waals surface area contributed by atoms with Gasteiger partial charge in [-0.1, -0.05) is 0 Å². The summed E-state index contributed by atoms with van der Waals surface area (Å²) >= 11 is 4.03. The molecule has 2 amide bonds. The van der Waals surface area contributed by atoms with Crippen molar-refractivity contribution in [3.63, 3.8) is 0 Å². The number of carbonyl (C=O) groups is 2. The van der Waals surface area contributed by atoms with E-state index < -0.39 is 6.04 Å². The van der Waals surface area contributed by atoms with Crippen molar-refractivity contribution in [2.75, 3.05) is 12.3 Å². The minimum absolute atomic E-state index is 0.0175. The second-order valence-corrected chi connectivity index (χ2v) is 3.80. The van der Waals surface area contributed by atoms with Gasteiger partial charge in [-0.05, 0) is 12.8 Å². The Labute approximate surface area is 82.1 Å². The normalized spacial score (nSPS) is 33.2. The van der Waals surface area contributed by atoms with E-state index in [0.29, 0.717) is 5.75 Å². The Morgan fingerprint density at radius 1 is 1.54 bits per heavy atom. The van der Waals surface area contributed by atoms with Crippen molar-refractivity contribution in [3.05, 3.63) is 0 Å². The van der Waals surface area contributed by atoms with Crippen LogP contribution in [0.25, 0.3) is 0 Å². The van der Waals surface area contributed by atoms with Crippen molar-refractivity contribution >= 4 is 24.4 Å². The second-order valence-electron chi connectivity index (χ2n) is 3.43. The molecule has 0 radical (unpaired) electrons. The predicted octanol–water partition coefficient (Wildman–Crippen LogP) is -0.594. The fourth-order valence-electron chi connectivity index (χ4n) is 1.96. The van der Waals surface area contributed by atoms with Crippen LogP contribution >= 0.6 is 12.6 Å². The molecule has 13 heavy (non-hydrogen) atoms. The fraction of sp³-hybridized carbons (Fsp3) is 0.750. The second kappa shape index (κ2) is 3.21. The number of thiol groups is 1. The van der Waals surface area contributed by atoms with Gasteiger partial charge in [0.15, 0.2) is 0 Å². The zero-order valence-electron chi connectivity index (χ0n) is 7.19. The van der Waals surface area contributed by atoms with Crippen LogP contribution in [0.15, 0.2) is 0 Å². The number of rotatable bonds is 1. The molecule has 2 atom stereocenters. The van der Waals surface area contributed by atoms with Crippen molar-refractivity contribution in [3.8, 4) is 0 Å². The molecule has 0 aromatic carbocycles. The van der Waals surface area contributed by atoms with E-state index in [1.165, 1.54) is 0 Å². The van der Waals surface area contributed by atoms with Crippen molar-refractivity contribution in [1.82, 2.24) is 10.2 Å². The number of carbonyl (C=O) groups excluding carboxylic acids is 2. The van der Waals surface area contributed by atoms with E-state index >= 15 is 0 Å². The van der Waals surface area contributed by atoms with E-state index in [4.69, 9.17) is 0 Å². The van der Waals surface area contributed by atoms with Gasteiger partial charge in [0, 0.05) is 12.3 Å². The number of nitrogens with zero attached hydrogens (tertiary/aromatic N) is 1. The molecular formula is C8H12N2O2S. The summed E-state index contributed by atoms with van der Waals surface area (Å²) in [5.74, 6) is 0.390. The fourth-order valence-corrected chi connectivity index (χ4v) is 2.20. The molecule has 2 fully saturated rings. The average Bonchev–Trinajstić information content (AvgIpc) is 2.60. The highest BCUT2D eigenvalue weighted by Gasteiger charge is 2.42. The van der Waals surface area contributed by atoms with Gasteiger partial charge in [0.1, 0.15) is 12.1 Å². The summed E-state index contributed by atoms with van der Waals surface area (Å²) in [7, 11) is 0. The largest absolute Gasteiger partial charge is 0.342 e. The molecule has 2 heterocycles. The van der Waals surface area contributed by atoms with Crippen LogP contribution in [0, 0.1) is 0 Å². The summed E-state index contributed by atoms with van der Waals surface area (Å²) in [5.41, 5.74) is 0. The van der Waals surface area contributed by atoms with Crippen LogP contribution < -0.4 is 5.32 Å². The Morgan fingerprint density at radius 3 is 3.00 bits per heavy atom. The first-order valence-electron chi connectivity index (χ1n) is 4.46. The first-order valence-corrected chi connectivity index (χ1v) is 5.09. The maximum Gasteiger partial charge on any atom is 0.246 e. The molecule has 1 N–H and O–H groups in total. The molecule has 0 aromatic rings. The molecule has 0 saturated carbocycles. The van der Waals surface area contributed by atoms with Gasteiger partial charge in [-0.2, -0.15) is 12.6 Å². The Kier molecular flexibility index (Phi) is 2.19. The molecule has 2 rings (SSSR count). The van der Waals surface area contributed by atoms with Crippen LogP contribution in [0.1, 0.15) is 12.8 Å². The first-order chi connectivity index (χ1) is 6.24. The number of hydrogen-bond donors (Lipinski definition) is 2. The lowest BCUT2D eigenvalue weighted by atomic mass is 10.1. The Balaban J connectivity index is 2.19. The van der Waals surface area contributed by atoms with Gasteiger partial charge in [-0.25, -0.2) is 0 Å². The predicted molar refractivity (Wildman–Crippen MR) is 50.5 cm³/mol. The van der Waals surface area contributed by atoms with Gasteiger partial charge in [0.05, 0.1) is 0 Å². The van der Waals surface area contributed by atoms with E-state index in [2.05, 4.69) is 17.9 Å². The molecule has 2 aliphatic rings. The summed E-state index contributed by atoms with van der Waals surface area (Å²) in [6.45, 7) is 0.723. The molecule has 2 saturated heterocycles. The van der Waals surface area contributed by atoms with E-state index in [-0.39, 0.29) is 17.9 Å². The van der Waals surface area contributed by atoms with Crippen molar-refractivity contribution in [1.29, 1.82) is 0 Å². The minimum atomic E-state index is -0.412. The van der Waals surface area contributed by atoms with E-state index in [0.717, 1.165) is 19.4 Å². The number of amides is 2. The van der Waals surface area contributed by atoms with E-state index in [9.17, 15) is 9.59 Å². The third kappa shape index (κ3) is 1.31. The Morgan fingerprint density at radius 2 is 2.31 bits per heavy atom. The number of hydrogen-bond acceptors (Lipinski definition) is 3. The molecule has 4 nitrogen and oxygen atoms in total. The van der Waals surface area contributed by atoms with Crippen LogP contribution in [-0.2, 0) is 9.59 Å². The van der Waals surface area contributed by atoms with Crippen LogP contribution in [0.2, 0.25) is 0 Å². The van der Waals surface area contributed by atoms with Crippen molar-refractivity contribution in [2.45, 2.75) is 24.9 Å². The van der Waals surface area contributed by atoms with Gasteiger partial charge in [-0.15, -0.1) is 0 Å². The zero-order valence-corrected chi connectivity index (χ0v) is 8.09. The molecule has 0 aromatic heterocycles. The monoisotopic (exact) mass is 200 g/mol. The van der Waals surface area contributed by atoms with Crippen LogP contribution in [-0.4, -0.2) is 41.1 Å². The molecule has 0 spiro atoms. The number of fused-ring (bicyclic) bond motifs is 1. The van der Waals surface area contributed by atoms with Crippen LogP contribution in [0.3, 0.4) is 0 Å². The summed E-state index contributed by atoms with van der Waals surface area (Å²) in [5, 5.41) is 2.68. The van der Waals surface area contributed by atoms with Crippen LogP contribution in [0.5, 0.6) is 0 Å². The zero-order chi connectivity index (χ0) is 9.42. The lowest BCUT2D eigenvalue weighted by molar-refractivity contribution is -0.146. The highest BCUT2D eigenvalue weighted by atomic mass is 32.1. The van der Waals surface area contributed by atoms with Gasteiger partial charge in [0.25, 0.3) is 0 Å². The molecule has 72 valence electrons. The van der Waals surface area contributed by atoms with Crippen molar-refractivity contribution in [2.24, 2.45) is 0 Å². The average molecular weight is 200 g/mol. The van der Waals surface area contributed by atoms with Gasteiger partial charge >= 0.3 is 0 Å². The highest BCUT2D eigenvalue weighted by Crippen LogP contribution is 2.21. The number of piperazine rings is 1. The molecule has 0 aliphatic carbocycles. The number of nitrogens with one attached hydrogen (secondary N) is 1. The summed E-state index contributed by atoms with van der Waals surface area (Å²) in [6, 6.07) is -0.617. The van der Waals surface area contributed by atoms with E-state index in [1.807, 2.05) is 0 Å². The molecular weight excluding hydrogens is 188 g/mol. The summed E-state index contributed by atoms with van der Waals surface area (Å²) < 4.78 is 0. The lowest BCUT2D eigenvalue weighted by Gasteiger charge is -2.33. The third-order valence-corrected chi connectivity index (χ3v) is 3.00. The van der Waals surface area contributed by atoms with E-state index in [1.54, 1.807) is 4.90 Å². The Bertz CT molecular complexity index is 257. The smallest absolute Gasteiger partial charge is 0.246 e. The topological polar surface area (TPSA) is 49.4 Å². The molecule has 2 aliphatic heterocycles. The molecule has 0 bridgehead atoms. The summed E-state index contributed by atoms with van der Waals surface area (Å²) in [6.07, 6.45) is 1.74. The Hall–Kier alpha value is -0.710. The minimum Gasteiger partial charge on any atom is -0.342 e. The third-order valence-electron chi connectivity index (χ3n) is 2.64. The highest BCUT2D eigenvalue weighted by molar-refractivity contribution is 7.80. The standard InChI is InChI=1S/C8H12N2O2S/c11-7-6-2-1-3-10(6)8(12)5(4-13)9-7/h5-6,13H,1-4H2,(H,9,11)/t5-,6-/m0/s1. The maximum atomic E-state index is 11.6.